The van der Waals surface area contributed by atoms with Gasteiger partial charge in [0.25, 0.3) is 0 Å². The Hall–Kier alpha value is -0.250. The zero-order valence-electron chi connectivity index (χ0n) is 9.24. The predicted molar refractivity (Wildman–Crippen MR) is 54.7 cm³/mol. The summed E-state index contributed by atoms with van der Waals surface area (Å²) in [6.07, 6.45) is 0.104. The Morgan fingerprint density at radius 2 is 1.93 bits per heavy atom. The molecule has 1 nitrogen and oxygen atoms in total. The normalized spacial score (nSPS) is 19.2. The van der Waals surface area contributed by atoms with E-state index in [1.807, 2.05) is 6.92 Å². The quantitative estimate of drug-likeness (QED) is 0.696. The summed E-state index contributed by atoms with van der Waals surface area (Å²) < 4.78 is 36.1. The summed E-state index contributed by atoms with van der Waals surface area (Å²) in [5, 5.41) is 3.14. The van der Waals surface area contributed by atoms with Crippen LogP contribution in [0.2, 0.25) is 0 Å². The first-order chi connectivity index (χ1) is 7.01. The van der Waals surface area contributed by atoms with Gasteiger partial charge in [-0.2, -0.15) is 13.2 Å². The van der Waals surface area contributed by atoms with Gasteiger partial charge in [0.15, 0.2) is 0 Å². The summed E-state index contributed by atoms with van der Waals surface area (Å²) in [4.78, 5) is 0. The number of rotatable bonds is 7. The van der Waals surface area contributed by atoms with E-state index in [0.717, 1.165) is 25.3 Å². The first-order valence-corrected chi connectivity index (χ1v) is 5.81. The summed E-state index contributed by atoms with van der Waals surface area (Å²) in [7, 11) is 0. The van der Waals surface area contributed by atoms with Crippen LogP contribution in [0.1, 0.15) is 45.4 Å². The van der Waals surface area contributed by atoms with Crippen molar-refractivity contribution in [2.45, 2.75) is 57.7 Å². The lowest BCUT2D eigenvalue weighted by atomic mass is 10.0. The minimum atomic E-state index is -4.01. The number of hydrogen-bond donors (Lipinski definition) is 1. The summed E-state index contributed by atoms with van der Waals surface area (Å²) in [6.45, 7) is 2.70. The fraction of sp³-hybridized carbons (Fsp3) is 1.00. The molecule has 1 atom stereocenters. The summed E-state index contributed by atoms with van der Waals surface area (Å²) in [6, 6.07) is 0.0530. The second-order valence-electron chi connectivity index (χ2n) is 4.43. The molecule has 0 bridgehead atoms. The maximum Gasteiger partial charge on any atom is 0.389 e. The van der Waals surface area contributed by atoms with Crippen LogP contribution in [0.5, 0.6) is 0 Å². The zero-order chi connectivity index (χ0) is 11.3. The van der Waals surface area contributed by atoms with Crippen LogP contribution >= 0.6 is 0 Å². The highest BCUT2D eigenvalue weighted by Gasteiger charge is 2.29. The molecular weight excluding hydrogens is 203 g/mol. The molecule has 1 fully saturated rings. The SMILES string of the molecule is CCNC(CCC1CC1)CCC(F)(F)F. The van der Waals surface area contributed by atoms with Gasteiger partial charge in [0.1, 0.15) is 0 Å². The minimum absolute atomic E-state index is 0.0530. The number of halogens is 3. The van der Waals surface area contributed by atoms with Crippen LogP contribution in [-0.4, -0.2) is 18.8 Å². The lowest BCUT2D eigenvalue weighted by molar-refractivity contribution is -0.136. The van der Waals surface area contributed by atoms with Gasteiger partial charge in [-0.25, -0.2) is 0 Å². The van der Waals surface area contributed by atoms with Gasteiger partial charge in [-0.15, -0.1) is 0 Å². The molecule has 1 N–H and O–H groups in total. The molecule has 1 saturated carbocycles. The van der Waals surface area contributed by atoms with Crippen molar-refractivity contribution in [3.8, 4) is 0 Å². The molecule has 90 valence electrons. The molecule has 1 aliphatic carbocycles. The van der Waals surface area contributed by atoms with Crippen LogP contribution in [0.3, 0.4) is 0 Å². The fourth-order valence-corrected chi connectivity index (χ4v) is 1.82. The molecule has 1 rings (SSSR count). The van der Waals surface area contributed by atoms with Crippen molar-refractivity contribution < 1.29 is 13.2 Å². The topological polar surface area (TPSA) is 12.0 Å². The number of nitrogens with one attached hydrogen (secondary N) is 1. The molecule has 0 spiro atoms. The molecule has 0 amide bonds. The van der Waals surface area contributed by atoms with Crippen molar-refractivity contribution in [3.05, 3.63) is 0 Å². The number of hydrogen-bond acceptors (Lipinski definition) is 1. The van der Waals surface area contributed by atoms with Crippen LogP contribution in [0.15, 0.2) is 0 Å². The van der Waals surface area contributed by atoms with E-state index in [-0.39, 0.29) is 12.5 Å². The smallest absolute Gasteiger partial charge is 0.314 e. The van der Waals surface area contributed by atoms with Crippen molar-refractivity contribution in [3.63, 3.8) is 0 Å². The van der Waals surface area contributed by atoms with Crippen molar-refractivity contribution in [1.82, 2.24) is 5.32 Å². The van der Waals surface area contributed by atoms with E-state index < -0.39 is 12.6 Å². The van der Waals surface area contributed by atoms with E-state index in [1.165, 1.54) is 12.8 Å². The number of alkyl halides is 3. The molecule has 0 radical (unpaired) electrons. The molecule has 0 saturated heterocycles. The van der Waals surface area contributed by atoms with E-state index in [2.05, 4.69) is 5.32 Å². The molecule has 0 aromatic heterocycles. The molecule has 1 aliphatic rings. The van der Waals surface area contributed by atoms with Crippen LogP contribution in [0.4, 0.5) is 13.2 Å². The molecule has 0 aliphatic heterocycles. The van der Waals surface area contributed by atoms with Crippen LogP contribution in [0, 0.1) is 5.92 Å². The molecule has 1 unspecified atom stereocenters. The highest BCUT2D eigenvalue weighted by molar-refractivity contribution is 4.77. The van der Waals surface area contributed by atoms with Gasteiger partial charge >= 0.3 is 6.18 Å². The highest BCUT2D eigenvalue weighted by Crippen LogP contribution is 2.34. The average molecular weight is 223 g/mol. The third-order valence-electron chi connectivity index (χ3n) is 2.89. The standard InChI is InChI=1S/C11H20F3N/c1-2-15-10(6-5-9-3-4-9)7-8-11(12,13)14/h9-10,15H,2-8H2,1H3. The fourth-order valence-electron chi connectivity index (χ4n) is 1.82. The Balaban J connectivity index is 2.16. The first kappa shape index (κ1) is 12.8. The second kappa shape index (κ2) is 5.73. The predicted octanol–water partition coefficient (Wildman–Crippen LogP) is 3.50. The van der Waals surface area contributed by atoms with E-state index in [0.29, 0.717) is 0 Å². The van der Waals surface area contributed by atoms with Gasteiger partial charge < -0.3 is 5.32 Å². The summed E-state index contributed by atoms with van der Waals surface area (Å²) >= 11 is 0. The Kier molecular flexibility index (Phi) is 4.90. The monoisotopic (exact) mass is 223 g/mol. The molecule has 0 heterocycles. The summed E-state index contributed by atoms with van der Waals surface area (Å²) in [5.41, 5.74) is 0. The molecule has 0 aromatic carbocycles. The van der Waals surface area contributed by atoms with Gasteiger partial charge in [0.2, 0.25) is 0 Å². The van der Waals surface area contributed by atoms with Gasteiger partial charge in [0, 0.05) is 12.5 Å². The molecular formula is C11H20F3N. The second-order valence-corrected chi connectivity index (χ2v) is 4.43. The lowest BCUT2D eigenvalue weighted by Gasteiger charge is -2.18. The molecule has 0 aromatic rings. The van der Waals surface area contributed by atoms with E-state index >= 15 is 0 Å². The van der Waals surface area contributed by atoms with Crippen LogP contribution in [0.25, 0.3) is 0 Å². The van der Waals surface area contributed by atoms with Crippen molar-refractivity contribution in [1.29, 1.82) is 0 Å². The Labute approximate surface area is 89.4 Å². The van der Waals surface area contributed by atoms with E-state index in [1.54, 1.807) is 0 Å². The average Bonchev–Trinajstić information content (AvgIpc) is 2.92. The van der Waals surface area contributed by atoms with Gasteiger partial charge in [-0.1, -0.05) is 19.8 Å². The van der Waals surface area contributed by atoms with Gasteiger partial charge in [-0.05, 0) is 31.7 Å². The molecule has 15 heavy (non-hydrogen) atoms. The van der Waals surface area contributed by atoms with E-state index in [9.17, 15) is 13.2 Å². The third-order valence-corrected chi connectivity index (χ3v) is 2.89. The first-order valence-electron chi connectivity index (χ1n) is 5.81. The summed E-state index contributed by atoms with van der Waals surface area (Å²) in [5.74, 6) is 0.803. The minimum Gasteiger partial charge on any atom is -0.314 e. The largest absolute Gasteiger partial charge is 0.389 e. The van der Waals surface area contributed by atoms with E-state index in [4.69, 9.17) is 0 Å². The third kappa shape index (κ3) is 6.77. The maximum absolute atomic E-state index is 12.0. The van der Waals surface area contributed by atoms with Crippen molar-refractivity contribution in [2.75, 3.05) is 6.54 Å². The van der Waals surface area contributed by atoms with Crippen molar-refractivity contribution in [2.24, 2.45) is 5.92 Å². The zero-order valence-corrected chi connectivity index (χ0v) is 9.24. The Morgan fingerprint density at radius 3 is 2.40 bits per heavy atom. The lowest BCUT2D eigenvalue weighted by Crippen LogP contribution is -2.30. The van der Waals surface area contributed by atoms with Crippen molar-refractivity contribution >= 4 is 0 Å². The van der Waals surface area contributed by atoms with Gasteiger partial charge in [0.05, 0.1) is 0 Å². The highest BCUT2D eigenvalue weighted by atomic mass is 19.4. The Morgan fingerprint density at radius 1 is 1.27 bits per heavy atom. The van der Waals surface area contributed by atoms with Crippen LogP contribution in [-0.2, 0) is 0 Å². The Bertz CT molecular complexity index is 175. The maximum atomic E-state index is 12.0. The molecule has 4 heteroatoms. The van der Waals surface area contributed by atoms with Gasteiger partial charge in [-0.3, -0.25) is 0 Å². The van der Waals surface area contributed by atoms with Crippen LogP contribution < -0.4 is 5.32 Å².